The molecule has 1 amide bonds. The second kappa shape index (κ2) is 8.74. The number of alkyl carbamates (subject to hydrolysis) is 1. The molecule has 0 aliphatic carbocycles. The van der Waals surface area contributed by atoms with Crippen molar-refractivity contribution in [1.29, 1.82) is 0 Å². The van der Waals surface area contributed by atoms with Crippen LogP contribution in [0.4, 0.5) is 4.79 Å². The maximum Gasteiger partial charge on any atom is 0.407 e. The Labute approximate surface area is 132 Å². The lowest BCUT2D eigenvalue weighted by Crippen LogP contribution is -2.24. The van der Waals surface area contributed by atoms with Gasteiger partial charge in [-0.15, -0.1) is 11.3 Å². The third-order valence-corrected chi connectivity index (χ3v) is 3.51. The molecule has 22 heavy (non-hydrogen) atoms. The molecule has 2 aromatic rings. The quantitative estimate of drug-likeness (QED) is 0.628. The number of aromatic nitrogens is 1. The van der Waals surface area contributed by atoms with Gasteiger partial charge in [-0.3, -0.25) is 4.79 Å². The van der Waals surface area contributed by atoms with Crippen LogP contribution in [-0.2, 0) is 11.3 Å². The summed E-state index contributed by atoms with van der Waals surface area (Å²) in [5.74, 6) is 0. The summed E-state index contributed by atoms with van der Waals surface area (Å²) < 4.78 is 5.09. The molecule has 0 atom stereocenters. The maximum atomic E-state index is 11.5. The molecular formula is C16H16N2O3S. The van der Waals surface area contributed by atoms with Crippen molar-refractivity contribution in [2.45, 2.75) is 13.0 Å². The van der Waals surface area contributed by atoms with Crippen LogP contribution in [0.3, 0.4) is 0 Å². The maximum absolute atomic E-state index is 11.5. The largest absolute Gasteiger partial charge is 0.445 e. The Morgan fingerprint density at radius 2 is 2.14 bits per heavy atom. The molecule has 0 unspecified atom stereocenters. The van der Waals surface area contributed by atoms with Crippen molar-refractivity contribution in [2.24, 2.45) is 0 Å². The lowest BCUT2D eigenvalue weighted by atomic mass is 10.2. The van der Waals surface area contributed by atoms with Crippen molar-refractivity contribution in [3.8, 4) is 0 Å². The Hall–Kier alpha value is -2.47. The standard InChI is InChI=1S/C16H16N2O3S/c19-10-15-18-14(12-22-15)8-4-5-9-17-16(20)21-11-13-6-2-1-3-7-13/h1-4,6-8,10,12H,5,9,11H2,(H,17,20). The van der Waals surface area contributed by atoms with Crippen molar-refractivity contribution in [2.75, 3.05) is 6.54 Å². The first-order chi connectivity index (χ1) is 10.8. The van der Waals surface area contributed by atoms with Gasteiger partial charge in [-0.25, -0.2) is 9.78 Å². The Balaban J connectivity index is 1.61. The van der Waals surface area contributed by atoms with E-state index in [2.05, 4.69) is 10.3 Å². The van der Waals surface area contributed by atoms with Crippen LogP contribution < -0.4 is 5.32 Å². The highest BCUT2D eigenvalue weighted by molar-refractivity contribution is 7.11. The number of aldehydes is 1. The molecule has 1 N–H and O–H groups in total. The molecule has 0 aliphatic rings. The van der Waals surface area contributed by atoms with Crippen molar-refractivity contribution in [3.05, 3.63) is 58.1 Å². The Kier molecular flexibility index (Phi) is 6.32. The minimum absolute atomic E-state index is 0.260. The fourth-order valence-corrected chi connectivity index (χ4v) is 2.25. The van der Waals surface area contributed by atoms with E-state index in [0.29, 0.717) is 18.0 Å². The molecule has 2 rings (SSSR count). The summed E-state index contributed by atoms with van der Waals surface area (Å²) in [7, 11) is 0. The van der Waals surface area contributed by atoms with E-state index in [-0.39, 0.29) is 6.61 Å². The molecule has 0 aliphatic heterocycles. The first-order valence-electron chi connectivity index (χ1n) is 6.80. The van der Waals surface area contributed by atoms with Crippen LogP contribution in [0.1, 0.15) is 27.5 Å². The zero-order chi connectivity index (χ0) is 15.6. The summed E-state index contributed by atoms with van der Waals surface area (Å²) in [5.41, 5.74) is 1.70. The predicted octanol–water partition coefficient (Wildman–Crippen LogP) is 3.29. The van der Waals surface area contributed by atoms with Gasteiger partial charge in [0.1, 0.15) is 6.61 Å². The fraction of sp³-hybridized carbons (Fsp3) is 0.188. The van der Waals surface area contributed by atoms with E-state index < -0.39 is 6.09 Å². The zero-order valence-electron chi connectivity index (χ0n) is 11.9. The van der Waals surface area contributed by atoms with Crippen LogP contribution in [0.5, 0.6) is 0 Å². The number of hydrogen-bond acceptors (Lipinski definition) is 5. The average molecular weight is 316 g/mol. The van der Waals surface area contributed by atoms with E-state index >= 15 is 0 Å². The number of nitrogens with one attached hydrogen (secondary N) is 1. The molecule has 0 radical (unpaired) electrons. The number of benzene rings is 1. The molecule has 0 spiro atoms. The molecule has 0 bridgehead atoms. The number of amides is 1. The van der Waals surface area contributed by atoms with Crippen LogP contribution in [-0.4, -0.2) is 23.9 Å². The number of nitrogens with zero attached hydrogens (tertiary/aromatic N) is 1. The third kappa shape index (κ3) is 5.49. The highest BCUT2D eigenvalue weighted by Crippen LogP contribution is 2.08. The molecular weight excluding hydrogens is 300 g/mol. The van der Waals surface area contributed by atoms with Gasteiger partial charge in [-0.1, -0.05) is 36.4 Å². The molecule has 1 heterocycles. The SMILES string of the molecule is O=Cc1nc(C=CCCNC(=O)OCc2ccccc2)cs1. The molecule has 5 nitrogen and oxygen atoms in total. The van der Waals surface area contributed by atoms with Gasteiger partial charge in [-0.2, -0.15) is 0 Å². The van der Waals surface area contributed by atoms with Crippen LogP contribution in [0, 0.1) is 0 Å². The highest BCUT2D eigenvalue weighted by atomic mass is 32.1. The van der Waals surface area contributed by atoms with Gasteiger partial charge in [0.25, 0.3) is 0 Å². The lowest BCUT2D eigenvalue weighted by molar-refractivity contribution is 0.112. The van der Waals surface area contributed by atoms with E-state index in [0.717, 1.165) is 17.5 Å². The van der Waals surface area contributed by atoms with E-state index in [4.69, 9.17) is 4.74 Å². The Morgan fingerprint density at radius 3 is 2.86 bits per heavy atom. The molecule has 0 saturated carbocycles. The molecule has 114 valence electrons. The van der Waals surface area contributed by atoms with E-state index in [9.17, 15) is 9.59 Å². The highest BCUT2D eigenvalue weighted by Gasteiger charge is 2.01. The van der Waals surface area contributed by atoms with Crippen LogP contribution in [0.2, 0.25) is 0 Å². The summed E-state index contributed by atoms with van der Waals surface area (Å²) in [6.07, 6.45) is 4.66. The van der Waals surface area contributed by atoms with Gasteiger partial charge in [0.2, 0.25) is 0 Å². The zero-order valence-corrected chi connectivity index (χ0v) is 12.7. The number of carbonyl (C=O) groups excluding carboxylic acids is 2. The normalized spacial score (nSPS) is 10.5. The number of ether oxygens (including phenoxy) is 1. The van der Waals surface area contributed by atoms with Gasteiger partial charge >= 0.3 is 6.09 Å². The fourth-order valence-electron chi connectivity index (χ4n) is 1.67. The van der Waals surface area contributed by atoms with Gasteiger partial charge in [0, 0.05) is 11.9 Å². The minimum atomic E-state index is -0.436. The predicted molar refractivity (Wildman–Crippen MR) is 85.8 cm³/mol. The van der Waals surface area contributed by atoms with Crippen LogP contribution in [0.15, 0.2) is 41.8 Å². The summed E-state index contributed by atoms with van der Waals surface area (Å²) >= 11 is 1.30. The summed E-state index contributed by atoms with van der Waals surface area (Å²) in [6.45, 7) is 0.741. The molecule has 0 fully saturated rings. The number of rotatable bonds is 7. The molecule has 1 aromatic carbocycles. The van der Waals surface area contributed by atoms with E-state index in [1.165, 1.54) is 11.3 Å². The third-order valence-electron chi connectivity index (χ3n) is 2.72. The summed E-state index contributed by atoms with van der Waals surface area (Å²) in [5, 5.41) is 4.94. The van der Waals surface area contributed by atoms with Crippen LogP contribution in [0.25, 0.3) is 6.08 Å². The van der Waals surface area contributed by atoms with E-state index in [1.807, 2.05) is 47.9 Å². The monoisotopic (exact) mass is 316 g/mol. The van der Waals surface area contributed by atoms with Gasteiger partial charge in [0.05, 0.1) is 5.69 Å². The summed E-state index contributed by atoms with van der Waals surface area (Å²) in [6, 6.07) is 9.51. The second-order valence-corrected chi connectivity index (χ2v) is 5.30. The summed E-state index contributed by atoms with van der Waals surface area (Å²) in [4.78, 5) is 26.1. The molecule has 6 heteroatoms. The number of carbonyl (C=O) groups is 2. The topological polar surface area (TPSA) is 68.3 Å². The van der Waals surface area contributed by atoms with Gasteiger partial charge in [0.15, 0.2) is 11.3 Å². The van der Waals surface area contributed by atoms with Gasteiger partial charge < -0.3 is 10.1 Å². The Bertz CT molecular complexity index is 638. The first kappa shape index (κ1) is 15.9. The van der Waals surface area contributed by atoms with Crippen molar-refractivity contribution < 1.29 is 14.3 Å². The average Bonchev–Trinajstić information content (AvgIpc) is 3.01. The Morgan fingerprint density at radius 1 is 1.32 bits per heavy atom. The van der Waals surface area contributed by atoms with Crippen LogP contribution >= 0.6 is 11.3 Å². The molecule has 1 aromatic heterocycles. The number of hydrogen-bond donors (Lipinski definition) is 1. The smallest absolute Gasteiger partial charge is 0.407 e. The second-order valence-electron chi connectivity index (χ2n) is 4.41. The first-order valence-corrected chi connectivity index (χ1v) is 7.67. The molecule has 0 saturated heterocycles. The van der Waals surface area contributed by atoms with Crippen molar-refractivity contribution >= 4 is 29.8 Å². The lowest BCUT2D eigenvalue weighted by Gasteiger charge is -2.05. The van der Waals surface area contributed by atoms with Crippen molar-refractivity contribution in [1.82, 2.24) is 10.3 Å². The minimum Gasteiger partial charge on any atom is -0.445 e. The van der Waals surface area contributed by atoms with Crippen molar-refractivity contribution in [3.63, 3.8) is 0 Å². The number of thiazole rings is 1. The van der Waals surface area contributed by atoms with Gasteiger partial charge in [-0.05, 0) is 18.1 Å². The van der Waals surface area contributed by atoms with E-state index in [1.54, 1.807) is 0 Å².